The lowest BCUT2D eigenvalue weighted by atomic mass is 9.87. The number of anilines is 1. The van der Waals surface area contributed by atoms with Crippen LogP contribution >= 0.6 is 11.9 Å². The first-order valence-electron chi connectivity index (χ1n) is 11.0. The largest absolute Gasteiger partial charge is 0.380 e. The molecule has 0 spiro atoms. The van der Waals surface area contributed by atoms with E-state index in [-0.39, 0.29) is 0 Å². The molecule has 3 fully saturated rings. The van der Waals surface area contributed by atoms with Gasteiger partial charge in [0, 0.05) is 43.6 Å². The van der Waals surface area contributed by atoms with Crippen LogP contribution in [0.1, 0.15) is 51.0 Å². The third-order valence-corrected chi connectivity index (χ3v) is 7.88. The Balaban J connectivity index is 1.25. The third-order valence-electron chi connectivity index (χ3n) is 7.44. The van der Waals surface area contributed by atoms with Gasteiger partial charge in [0.15, 0.2) is 0 Å². The minimum Gasteiger partial charge on any atom is -0.380 e. The molecule has 2 saturated carbocycles. The predicted molar refractivity (Wildman–Crippen MR) is 116 cm³/mol. The molecule has 0 aromatic heterocycles. The Kier molecular flexibility index (Phi) is 6.35. The van der Waals surface area contributed by atoms with Crippen LogP contribution in [0.5, 0.6) is 0 Å². The van der Waals surface area contributed by atoms with Gasteiger partial charge in [-0.05, 0) is 54.7 Å². The van der Waals surface area contributed by atoms with Gasteiger partial charge in [0.1, 0.15) is 0 Å². The van der Waals surface area contributed by atoms with Gasteiger partial charge in [0.25, 0.3) is 0 Å². The Morgan fingerprint density at radius 1 is 1.19 bits per heavy atom. The van der Waals surface area contributed by atoms with Crippen molar-refractivity contribution in [2.45, 2.75) is 50.9 Å². The fraction of sp³-hybridized carbons (Fsp3) is 0.739. The van der Waals surface area contributed by atoms with Crippen molar-refractivity contribution in [1.29, 1.82) is 0 Å². The van der Waals surface area contributed by atoms with Crippen LogP contribution in [0.3, 0.4) is 0 Å². The van der Waals surface area contributed by atoms with Crippen LogP contribution in [0.2, 0.25) is 0 Å². The monoisotopic (exact) mass is 388 g/mol. The summed E-state index contributed by atoms with van der Waals surface area (Å²) in [5.74, 6) is 2.51. The van der Waals surface area contributed by atoms with Crippen molar-refractivity contribution in [3.8, 4) is 0 Å². The first-order valence-corrected chi connectivity index (χ1v) is 12.2. The van der Waals surface area contributed by atoms with Crippen LogP contribution in [0.15, 0.2) is 24.3 Å². The van der Waals surface area contributed by atoms with Gasteiger partial charge in [-0.25, -0.2) is 0 Å². The Bertz CT molecular complexity index is 604. The van der Waals surface area contributed by atoms with E-state index in [9.17, 15) is 0 Å². The Morgan fingerprint density at radius 3 is 2.67 bits per heavy atom. The lowest BCUT2D eigenvalue weighted by Crippen LogP contribution is -2.33. The fourth-order valence-corrected chi connectivity index (χ4v) is 6.31. The quantitative estimate of drug-likeness (QED) is 0.465. The van der Waals surface area contributed by atoms with E-state index in [0.717, 1.165) is 37.5 Å². The minimum atomic E-state index is 0.426. The summed E-state index contributed by atoms with van der Waals surface area (Å²) in [7, 11) is 0. The maximum Gasteiger partial charge on any atom is 0.0593 e. The maximum absolute atomic E-state index is 6.04. The van der Waals surface area contributed by atoms with Crippen molar-refractivity contribution in [2.75, 3.05) is 43.8 Å². The molecular formula is C23H36N2OS. The predicted octanol–water partition coefficient (Wildman–Crippen LogP) is 5.18. The second-order valence-corrected chi connectivity index (χ2v) is 9.44. The molecule has 2 unspecified atom stereocenters. The minimum absolute atomic E-state index is 0.426. The van der Waals surface area contributed by atoms with Crippen molar-refractivity contribution in [2.24, 2.45) is 17.8 Å². The highest BCUT2D eigenvalue weighted by Crippen LogP contribution is 2.65. The van der Waals surface area contributed by atoms with E-state index in [1.807, 2.05) is 0 Å². The average molecular weight is 389 g/mol. The topological polar surface area (TPSA) is 24.5 Å². The summed E-state index contributed by atoms with van der Waals surface area (Å²) in [6.45, 7) is 7.92. The summed E-state index contributed by atoms with van der Waals surface area (Å²) >= 11 is 1.67. The molecule has 0 radical (unpaired) electrons. The van der Waals surface area contributed by atoms with Crippen LogP contribution in [-0.2, 0) is 10.2 Å². The molecule has 2 aliphatic carbocycles. The second-order valence-electron chi connectivity index (χ2n) is 8.83. The van der Waals surface area contributed by atoms with Crippen molar-refractivity contribution in [3.63, 3.8) is 0 Å². The Hall–Kier alpha value is -0.710. The van der Waals surface area contributed by atoms with E-state index < -0.39 is 0 Å². The lowest BCUT2D eigenvalue weighted by molar-refractivity contribution is 0.0677. The zero-order valence-electron chi connectivity index (χ0n) is 17.1. The number of rotatable bonds is 9. The van der Waals surface area contributed by atoms with Gasteiger partial charge in [-0.3, -0.25) is 0 Å². The lowest BCUT2D eigenvalue weighted by Gasteiger charge is -2.27. The van der Waals surface area contributed by atoms with Crippen LogP contribution in [0.25, 0.3) is 0 Å². The molecule has 4 rings (SSSR count). The summed E-state index contributed by atoms with van der Waals surface area (Å²) < 4.78 is 9.44. The molecular weight excluding hydrogens is 352 g/mol. The SMILES string of the molecule is CCC1(c2cccc(NSC)c2)C2CN(CCOCC3CCCCC3)CC21. The molecule has 1 aliphatic heterocycles. The molecule has 0 bridgehead atoms. The van der Waals surface area contributed by atoms with Gasteiger partial charge in [0.05, 0.1) is 6.61 Å². The van der Waals surface area contributed by atoms with Gasteiger partial charge >= 0.3 is 0 Å². The summed E-state index contributed by atoms with van der Waals surface area (Å²) in [6, 6.07) is 9.13. The standard InChI is InChI=1S/C23H36N2OS/c1-3-23(19-10-7-11-20(14-19)24-27-2)21-15-25(16-22(21)23)12-13-26-17-18-8-5-4-6-9-18/h7,10-11,14,18,21-22,24H,3-6,8-9,12-13,15-17H2,1-2H3. The second kappa shape index (κ2) is 8.75. The van der Waals surface area contributed by atoms with Crippen LogP contribution in [0, 0.1) is 17.8 Å². The number of hydrogen-bond donors (Lipinski definition) is 1. The molecule has 1 aromatic carbocycles. The number of piperidine rings is 1. The van der Waals surface area contributed by atoms with Crippen molar-refractivity contribution < 1.29 is 4.74 Å². The van der Waals surface area contributed by atoms with Crippen molar-refractivity contribution in [1.82, 2.24) is 4.90 Å². The molecule has 27 heavy (non-hydrogen) atoms. The smallest absolute Gasteiger partial charge is 0.0593 e. The van der Waals surface area contributed by atoms with E-state index in [1.165, 1.54) is 57.3 Å². The zero-order valence-corrected chi connectivity index (χ0v) is 17.9. The van der Waals surface area contributed by atoms with E-state index in [4.69, 9.17) is 4.74 Å². The van der Waals surface area contributed by atoms with Crippen LogP contribution in [0.4, 0.5) is 5.69 Å². The molecule has 0 amide bonds. The summed E-state index contributed by atoms with van der Waals surface area (Å²) in [6.07, 6.45) is 10.4. The zero-order chi connectivity index (χ0) is 18.7. The molecule has 1 aromatic rings. The number of nitrogens with zero attached hydrogens (tertiary/aromatic N) is 1. The number of benzene rings is 1. The highest BCUT2D eigenvalue weighted by molar-refractivity contribution is 7.99. The number of nitrogens with one attached hydrogen (secondary N) is 1. The highest BCUT2D eigenvalue weighted by Gasteiger charge is 2.67. The number of ether oxygens (including phenoxy) is 1. The van der Waals surface area contributed by atoms with E-state index in [0.29, 0.717) is 5.41 Å². The number of fused-ring (bicyclic) bond motifs is 1. The summed E-state index contributed by atoms with van der Waals surface area (Å²) in [5, 5.41) is 0. The van der Waals surface area contributed by atoms with E-state index in [1.54, 1.807) is 17.5 Å². The average Bonchev–Trinajstić information content (AvgIpc) is 3.09. The molecule has 1 N–H and O–H groups in total. The Labute approximate surface area is 169 Å². The van der Waals surface area contributed by atoms with Gasteiger partial charge in [-0.2, -0.15) is 0 Å². The molecule has 3 nitrogen and oxygen atoms in total. The summed E-state index contributed by atoms with van der Waals surface area (Å²) in [5.41, 5.74) is 3.22. The normalized spacial score (nSPS) is 31.0. The van der Waals surface area contributed by atoms with Crippen molar-refractivity contribution in [3.05, 3.63) is 29.8 Å². The maximum atomic E-state index is 6.04. The molecule has 4 heteroatoms. The van der Waals surface area contributed by atoms with Gasteiger partial charge in [-0.15, -0.1) is 0 Å². The van der Waals surface area contributed by atoms with E-state index in [2.05, 4.69) is 47.1 Å². The fourth-order valence-electron chi connectivity index (χ4n) is 5.94. The third kappa shape index (κ3) is 4.04. The summed E-state index contributed by atoms with van der Waals surface area (Å²) in [4.78, 5) is 2.65. The molecule has 3 aliphatic rings. The number of hydrogen-bond acceptors (Lipinski definition) is 4. The molecule has 2 atom stereocenters. The molecule has 1 heterocycles. The van der Waals surface area contributed by atoms with Crippen molar-refractivity contribution >= 4 is 17.6 Å². The Morgan fingerprint density at radius 2 is 1.96 bits per heavy atom. The first kappa shape index (κ1) is 19.6. The highest BCUT2D eigenvalue weighted by atomic mass is 32.2. The van der Waals surface area contributed by atoms with Gasteiger partial charge in [-0.1, -0.05) is 50.3 Å². The van der Waals surface area contributed by atoms with Crippen LogP contribution < -0.4 is 4.72 Å². The first-order chi connectivity index (χ1) is 13.3. The molecule has 1 saturated heterocycles. The number of likely N-dealkylation sites (tertiary alicyclic amines) is 1. The molecule has 150 valence electrons. The van der Waals surface area contributed by atoms with Gasteiger partial charge < -0.3 is 14.4 Å². The van der Waals surface area contributed by atoms with Gasteiger partial charge in [0.2, 0.25) is 0 Å². The van der Waals surface area contributed by atoms with E-state index >= 15 is 0 Å². The van der Waals surface area contributed by atoms with Crippen LogP contribution in [-0.4, -0.2) is 44.0 Å².